The second-order valence-electron chi connectivity index (χ2n) is 11.6. The van der Waals surface area contributed by atoms with Gasteiger partial charge >= 0.3 is 0 Å². The zero-order valence-corrected chi connectivity index (χ0v) is 29.7. The van der Waals surface area contributed by atoms with Gasteiger partial charge in [0.1, 0.15) is 9.54 Å². The van der Waals surface area contributed by atoms with Crippen molar-refractivity contribution in [2.45, 2.75) is 32.9 Å². The Labute approximate surface area is 294 Å². The predicted molar refractivity (Wildman–Crippen MR) is 204 cm³/mol. The smallest absolute Gasteiger partial charge is 0.269 e. The zero-order chi connectivity index (χ0) is 34.4. The van der Waals surface area contributed by atoms with Crippen LogP contribution in [0.2, 0.25) is 0 Å². The van der Waals surface area contributed by atoms with Gasteiger partial charge in [-0.15, -0.1) is 17.9 Å². The quantitative estimate of drug-likeness (QED) is 0.0694. The second-order valence-corrected chi connectivity index (χ2v) is 15.2. The normalized spacial score (nSPS) is 14.5. The Morgan fingerprint density at radius 1 is 0.898 bits per heavy atom. The lowest BCUT2D eigenvalue weighted by atomic mass is 9.99. The fourth-order valence-corrected chi connectivity index (χ4v) is 8.84. The van der Waals surface area contributed by atoms with Gasteiger partial charge in [-0.1, -0.05) is 90.2 Å². The molecule has 250 valence electrons. The molecular weight excluding hydrogens is 671 g/mol. The molecule has 0 saturated carbocycles. The van der Waals surface area contributed by atoms with Crippen molar-refractivity contribution in [1.29, 1.82) is 0 Å². The number of fused-ring (bicyclic) bond motifs is 1. The third-order valence-electron chi connectivity index (χ3n) is 8.28. The van der Waals surface area contributed by atoms with E-state index in [0.717, 1.165) is 54.7 Å². The van der Waals surface area contributed by atoms with Crippen molar-refractivity contribution >= 4 is 56.2 Å². The molecule has 0 unspecified atom stereocenters. The minimum Gasteiger partial charge on any atom is -0.348 e. The van der Waals surface area contributed by atoms with E-state index >= 15 is 0 Å². The summed E-state index contributed by atoms with van der Waals surface area (Å²) in [5.41, 5.74) is 6.32. The van der Waals surface area contributed by atoms with E-state index in [4.69, 9.17) is 0 Å². The molecule has 49 heavy (non-hydrogen) atoms. The van der Waals surface area contributed by atoms with Crippen molar-refractivity contribution < 1.29 is 17.5 Å². The van der Waals surface area contributed by atoms with E-state index in [9.17, 15) is 17.8 Å². The number of aromatic nitrogens is 2. The van der Waals surface area contributed by atoms with Crippen LogP contribution in [0.4, 0.5) is 5.69 Å². The summed E-state index contributed by atoms with van der Waals surface area (Å²) in [6, 6.07) is 28.6. The number of benzene rings is 3. The van der Waals surface area contributed by atoms with Gasteiger partial charge in [0.25, 0.3) is 20.7 Å². The molecule has 0 radical (unpaired) electrons. The number of hydrogen-bond donors (Lipinski definition) is 1. The number of hydrogen-bond acceptors (Lipinski definition) is 6. The highest BCUT2D eigenvalue weighted by atomic mass is 32.2. The van der Waals surface area contributed by atoms with Crippen LogP contribution in [-0.4, -0.2) is 29.8 Å². The van der Waals surface area contributed by atoms with Gasteiger partial charge in [-0.3, -0.25) is 13.9 Å². The highest BCUT2D eigenvalue weighted by molar-refractivity contribution is 7.85. The van der Waals surface area contributed by atoms with Crippen LogP contribution in [0.15, 0.2) is 121 Å². The van der Waals surface area contributed by atoms with Gasteiger partial charge in [-0.2, -0.15) is 13.0 Å². The van der Waals surface area contributed by atoms with Crippen LogP contribution < -0.4 is 24.2 Å². The average Bonchev–Trinajstić information content (AvgIpc) is 3.62. The Hall–Kier alpha value is -4.61. The molecule has 3 heterocycles. The molecule has 0 aliphatic carbocycles. The number of thiazole rings is 2. The fraction of sp³-hybridized carbons (Fsp3) is 0.179. The van der Waals surface area contributed by atoms with Gasteiger partial charge in [0.15, 0.2) is 6.54 Å². The molecule has 2 aromatic heterocycles. The Morgan fingerprint density at radius 3 is 2.29 bits per heavy atom. The Morgan fingerprint density at radius 2 is 1.59 bits per heavy atom. The topological polar surface area (TPSA) is 83.5 Å². The summed E-state index contributed by atoms with van der Waals surface area (Å²) in [7, 11) is -4.06. The van der Waals surface area contributed by atoms with Crippen molar-refractivity contribution in [1.82, 2.24) is 4.57 Å². The molecule has 7 nitrogen and oxygen atoms in total. The molecule has 0 fully saturated rings. The average molecular weight is 709 g/mol. The monoisotopic (exact) mass is 708 g/mol. The first-order chi connectivity index (χ1) is 23.8. The van der Waals surface area contributed by atoms with E-state index in [2.05, 4.69) is 77.7 Å². The van der Waals surface area contributed by atoms with E-state index in [1.165, 1.54) is 11.3 Å². The molecular formula is C39H38N3O4S3+. The summed E-state index contributed by atoms with van der Waals surface area (Å²) in [4.78, 5) is 17.1. The Kier molecular flexibility index (Phi) is 10.7. The summed E-state index contributed by atoms with van der Waals surface area (Å²) in [5.74, 6) is -0.294. The molecule has 0 spiro atoms. The standard InChI is InChI=1S/C39H37N3O4S3/c1-3-24-42-36(47-34(39(42)43)22-21-29-23-26-40(4-2)33-20-12-11-19-32(29)33)28-35-41(25-13-14-27-49(44,45)46)37(30-15-7-5-8-16-30)38(48-35)31-17-9-6-10-18-31/h3,5-12,15-23,26,28H,1,4,13-14,24-25,27H2,2H3/p+1. The number of unbranched alkanes of at least 4 members (excludes halogenated alkanes) is 1. The lowest BCUT2D eigenvalue weighted by Gasteiger charge is -2.26. The highest BCUT2D eigenvalue weighted by Gasteiger charge is 2.28. The van der Waals surface area contributed by atoms with Crippen molar-refractivity contribution in [3.63, 3.8) is 0 Å². The lowest BCUT2D eigenvalue weighted by molar-refractivity contribution is -0.683. The molecule has 1 aliphatic rings. The number of rotatable bonds is 12. The molecule has 1 N–H and O–H groups in total. The molecule has 1 aliphatic heterocycles. The summed E-state index contributed by atoms with van der Waals surface area (Å²) in [6.07, 6.45) is 12.7. The van der Waals surface area contributed by atoms with Crippen LogP contribution in [-0.2, 0) is 23.2 Å². The van der Waals surface area contributed by atoms with E-state index in [1.807, 2.05) is 60.7 Å². The lowest BCUT2D eigenvalue weighted by Crippen LogP contribution is -2.38. The van der Waals surface area contributed by atoms with E-state index in [0.29, 0.717) is 30.5 Å². The van der Waals surface area contributed by atoms with Crippen LogP contribution in [0.5, 0.6) is 0 Å². The first kappa shape index (κ1) is 34.3. The SMILES string of the molecule is C=CCn1c(=Cc2sc(-c3ccccc3)c(-c3ccccc3)[n+]2CCCCS(=O)(=O)O)sc(=CC=C2C=CN(CC)c3ccccc32)c1=O. The van der Waals surface area contributed by atoms with E-state index in [1.54, 1.807) is 22.0 Å². The molecule has 0 atom stereocenters. The van der Waals surface area contributed by atoms with Gasteiger partial charge in [-0.25, -0.2) is 0 Å². The third-order valence-corrected chi connectivity index (χ3v) is 11.3. The van der Waals surface area contributed by atoms with Crippen molar-refractivity contribution in [3.05, 3.63) is 146 Å². The number of anilines is 1. The van der Waals surface area contributed by atoms with E-state index < -0.39 is 10.1 Å². The summed E-state index contributed by atoms with van der Waals surface area (Å²) < 4.78 is 37.7. The minimum absolute atomic E-state index is 0.0842. The Balaban J connectivity index is 1.52. The highest BCUT2D eigenvalue weighted by Crippen LogP contribution is 2.36. The molecule has 10 heteroatoms. The molecule has 5 aromatic rings. The largest absolute Gasteiger partial charge is 0.348 e. The summed E-state index contributed by atoms with van der Waals surface area (Å²) in [6.45, 7) is 7.79. The second kappa shape index (κ2) is 15.3. The van der Waals surface area contributed by atoms with Crippen molar-refractivity contribution in [2.75, 3.05) is 17.2 Å². The van der Waals surface area contributed by atoms with Crippen LogP contribution in [0.3, 0.4) is 0 Å². The van der Waals surface area contributed by atoms with Gasteiger partial charge in [-0.05, 0) is 54.8 Å². The third kappa shape index (κ3) is 7.84. The van der Waals surface area contributed by atoms with Crippen LogP contribution in [0.1, 0.15) is 30.3 Å². The van der Waals surface area contributed by atoms with Crippen LogP contribution >= 0.6 is 22.7 Å². The zero-order valence-electron chi connectivity index (χ0n) is 27.2. The summed E-state index contributed by atoms with van der Waals surface area (Å²) >= 11 is 3.07. The molecule has 0 saturated heterocycles. The molecule has 6 rings (SSSR count). The van der Waals surface area contributed by atoms with Crippen LogP contribution in [0.25, 0.3) is 39.4 Å². The fourth-order valence-electron chi connectivity index (χ4n) is 5.95. The predicted octanol–water partition coefficient (Wildman–Crippen LogP) is 6.49. The molecule has 0 bridgehead atoms. The number of para-hydroxylation sites is 1. The Bertz CT molecular complexity index is 2320. The maximum atomic E-state index is 13.8. The first-order valence-electron chi connectivity index (χ1n) is 16.2. The van der Waals surface area contributed by atoms with Gasteiger partial charge in [0.05, 0.1) is 16.4 Å². The van der Waals surface area contributed by atoms with Crippen molar-refractivity contribution in [2.24, 2.45) is 0 Å². The summed E-state index contributed by atoms with van der Waals surface area (Å²) in [5, 5.41) is 0.928. The molecule has 0 amide bonds. The van der Waals surface area contributed by atoms with Crippen molar-refractivity contribution in [3.8, 4) is 21.7 Å². The van der Waals surface area contributed by atoms with Gasteiger partial charge in [0, 0.05) is 42.5 Å². The van der Waals surface area contributed by atoms with Gasteiger partial charge < -0.3 is 4.90 Å². The molecule has 3 aromatic carbocycles. The number of nitrogens with zero attached hydrogens (tertiary/aromatic N) is 3. The minimum atomic E-state index is -4.06. The van der Waals surface area contributed by atoms with Crippen LogP contribution in [0, 0.1) is 0 Å². The van der Waals surface area contributed by atoms with Gasteiger partial charge in [0.2, 0.25) is 5.69 Å². The maximum Gasteiger partial charge on any atom is 0.269 e. The number of allylic oxidation sites excluding steroid dienone is 4. The maximum absolute atomic E-state index is 13.8. The first-order valence-corrected chi connectivity index (χ1v) is 19.4. The van der Waals surface area contributed by atoms with E-state index in [-0.39, 0.29) is 11.3 Å².